The Bertz CT molecular complexity index is 908. The van der Waals surface area contributed by atoms with Crippen LogP contribution >= 0.6 is 22.9 Å². The fourth-order valence-electron chi connectivity index (χ4n) is 2.83. The molecule has 0 bridgehead atoms. The number of rotatable bonds is 5. The van der Waals surface area contributed by atoms with Crippen molar-refractivity contribution in [3.63, 3.8) is 0 Å². The van der Waals surface area contributed by atoms with Crippen molar-refractivity contribution >= 4 is 34.5 Å². The van der Waals surface area contributed by atoms with Crippen LogP contribution in [0.3, 0.4) is 0 Å². The maximum Gasteiger partial charge on any atom is 0.230 e. The van der Waals surface area contributed by atoms with Gasteiger partial charge >= 0.3 is 0 Å². The number of thiazole rings is 1. The van der Waals surface area contributed by atoms with E-state index in [1.807, 2.05) is 31.4 Å². The largest absolute Gasteiger partial charge is 0.324 e. The lowest BCUT2D eigenvalue weighted by Gasteiger charge is -2.11. The first kappa shape index (κ1) is 18.6. The number of benzene rings is 2. The third-order valence-electron chi connectivity index (χ3n) is 4.20. The smallest absolute Gasteiger partial charge is 0.230 e. The fraction of sp³-hybridized carbons (Fsp3) is 0.238. The summed E-state index contributed by atoms with van der Waals surface area (Å²) in [5, 5.41) is 6.34. The SMILES string of the molecule is CCc1ccc(-c2nc(CC(=O)Nc3c(C)cc(C)cc3Cl)cs2)cc1. The van der Waals surface area contributed by atoms with Gasteiger partial charge in [-0.15, -0.1) is 11.3 Å². The normalized spacial score (nSPS) is 10.8. The molecule has 1 heterocycles. The van der Waals surface area contributed by atoms with Crippen molar-refractivity contribution in [2.24, 2.45) is 0 Å². The van der Waals surface area contributed by atoms with E-state index in [0.29, 0.717) is 10.7 Å². The number of anilines is 1. The topological polar surface area (TPSA) is 42.0 Å². The van der Waals surface area contributed by atoms with Gasteiger partial charge in [0.05, 0.1) is 22.8 Å². The lowest BCUT2D eigenvalue weighted by molar-refractivity contribution is -0.115. The van der Waals surface area contributed by atoms with Crippen LogP contribution in [0.2, 0.25) is 5.02 Å². The van der Waals surface area contributed by atoms with Gasteiger partial charge in [-0.3, -0.25) is 4.79 Å². The second-order valence-corrected chi connectivity index (χ2v) is 7.62. The van der Waals surface area contributed by atoms with E-state index in [-0.39, 0.29) is 12.3 Å². The molecule has 0 saturated heterocycles. The van der Waals surface area contributed by atoms with E-state index in [9.17, 15) is 4.79 Å². The van der Waals surface area contributed by atoms with E-state index in [2.05, 4.69) is 41.5 Å². The van der Waals surface area contributed by atoms with Gasteiger partial charge in [-0.1, -0.05) is 48.9 Å². The molecule has 2 aromatic carbocycles. The van der Waals surface area contributed by atoms with Gasteiger partial charge in [-0.05, 0) is 43.0 Å². The number of nitrogens with zero attached hydrogens (tertiary/aromatic N) is 1. The van der Waals surface area contributed by atoms with Crippen LogP contribution in [-0.2, 0) is 17.6 Å². The van der Waals surface area contributed by atoms with E-state index in [0.717, 1.165) is 33.8 Å². The summed E-state index contributed by atoms with van der Waals surface area (Å²) in [5.41, 5.74) is 5.85. The molecule has 26 heavy (non-hydrogen) atoms. The number of aromatic nitrogens is 1. The molecule has 0 unspecified atom stereocenters. The van der Waals surface area contributed by atoms with Gasteiger partial charge in [0.15, 0.2) is 0 Å². The average molecular weight is 385 g/mol. The van der Waals surface area contributed by atoms with Crippen molar-refractivity contribution in [3.05, 3.63) is 69.2 Å². The summed E-state index contributed by atoms with van der Waals surface area (Å²) in [7, 11) is 0. The first-order valence-electron chi connectivity index (χ1n) is 8.56. The number of aryl methyl sites for hydroxylation is 3. The van der Waals surface area contributed by atoms with Gasteiger partial charge < -0.3 is 5.32 Å². The van der Waals surface area contributed by atoms with E-state index >= 15 is 0 Å². The predicted octanol–water partition coefficient (Wildman–Crippen LogP) is 5.82. The molecule has 3 rings (SSSR count). The second kappa shape index (κ2) is 8.02. The van der Waals surface area contributed by atoms with E-state index in [1.54, 1.807) is 11.3 Å². The van der Waals surface area contributed by atoms with E-state index in [1.165, 1.54) is 5.56 Å². The van der Waals surface area contributed by atoms with Crippen molar-refractivity contribution < 1.29 is 4.79 Å². The molecule has 1 aromatic heterocycles. The van der Waals surface area contributed by atoms with Crippen molar-refractivity contribution in [3.8, 4) is 10.6 Å². The first-order valence-corrected chi connectivity index (χ1v) is 9.82. The van der Waals surface area contributed by atoms with Crippen molar-refractivity contribution in [2.75, 3.05) is 5.32 Å². The molecule has 0 atom stereocenters. The first-order chi connectivity index (χ1) is 12.5. The molecule has 0 radical (unpaired) electrons. The minimum Gasteiger partial charge on any atom is -0.324 e. The van der Waals surface area contributed by atoms with Gasteiger partial charge in [0.2, 0.25) is 5.91 Å². The summed E-state index contributed by atoms with van der Waals surface area (Å²) in [6.45, 7) is 6.06. The van der Waals surface area contributed by atoms with Crippen LogP contribution in [0, 0.1) is 13.8 Å². The third kappa shape index (κ3) is 4.32. The number of halogens is 1. The molecular formula is C21H21ClN2OS. The Labute approximate surface area is 163 Å². The second-order valence-electron chi connectivity index (χ2n) is 6.36. The Morgan fingerprint density at radius 3 is 2.58 bits per heavy atom. The van der Waals surface area contributed by atoms with Crippen LogP contribution in [0.1, 0.15) is 29.3 Å². The molecule has 1 amide bonds. The van der Waals surface area contributed by atoms with Crippen molar-refractivity contribution in [1.82, 2.24) is 4.98 Å². The summed E-state index contributed by atoms with van der Waals surface area (Å²) in [6.07, 6.45) is 1.25. The number of carbonyl (C=O) groups is 1. The minimum atomic E-state index is -0.114. The summed E-state index contributed by atoms with van der Waals surface area (Å²) in [5.74, 6) is -0.114. The Morgan fingerprint density at radius 1 is 1.19 bits per heavy atom. The molecule has 0 aliphatic heterocycles. The molecule has 0 saturated carbocycles. The molecule has 5 heteroatoms. The molecule has 0 aliphatic rings. The Morgan fingerprint density at radius 2 is 1.92 bits per heavy atom. The zero-order valence-electron chi connectivity index (χ0n) is 15.1. The zero-order chi connectivity index (χ0) is 18.7. The molecule has 134 valence electrons. The lowest BCUT2D eigenvalue weighted by atomic mass is 10.1. The van der Waals surface area contributed by atoms with Crippen molar-refractivity contribution in [2.45, 2.75) is 33.6 Å². The monoisotopic (exact) mass is 384 g/mol. The van der Waals surface area contributed by atoms with Gasteiger partial charge in [-0.2, -0.15) is 0 Å². The molecule has 0 spiro atoms. The Kier molecular flexibility index (Phi) is 5.74. The maximum absolute atomic E-state index is 12.4. The highest BCUT2D eigenvalue weighted by Gasteiger charge is 2.12. The number of carbonyl (C=O) groups excluding carboxylic acids is 1. The van der Waals surface area contributed by atoms with Gasteiger partial charge in [-0.25, -0.2) is 4.98 Å². The quantitative estimate of drug-likeness (QED) is 0.601. The van der Waals surface area contributed by atoms with Crippen LogP contribution in [-0.4, -0.2) is 10.9 Å². The highest BCUT2D eigenvalue weighted by Crippen LogP contribution is 2.28. The van der Waals surface area contributed by atoms with Crippen LogP contribution in [0.4, 0.5) is 5.69 Å². The molecular weight excluding hydrogens is 364 g/mol. The average Bonchev–Trinajstić information content (AvgIpc) is 3.06. The van der Waals surface area contributed by atoms with E-state index < -0.39 is 0 Å². The van der Waals surface area contributed by atoms with Gasteiger partial charge in [0.25, 0.3) is 0 Å². The van der Waals surface area contributed by atoms with Crippen LogP contribution in [0.5, 0.6) is 0 Å². The minimum absolute atomic E-state index is 0.114. The van der Waals surface area contributed by atoms with Crippen molar-refractivity contribution in [1.29, 1.82) is 0 Å². The highest BCUT2D eigenvalue weighted by atomic mass is 35.5. The maximum atomic E-state index is 12.4. The molecule has 1 N–H and O–H groups in total. The number of hydrogen-bond acceptors (Lipinski definition) is 3. The van der Waals surface area contributed by atoms with Gasteiger partial charge in [0, 0.05) is 10.9 Å². The summed E-state index contributed by atoms with van der Waals surface area (Å²) < 4.78 is 0. The fourth-order valence-corrected chi connectivity index (χ4v) is 4.02. The number of nitrogens with one attached hydrogen (secondary N) is 1. The number of amides is 1. The molecule has 0 aliphatic carbocycles. The Balaban J connectivity index is 1.70. The van der Waals surface area contributed by atoms with Gasteiger partial charge in [0.1, 0.15) is 5.01 Å². The molecule has 0 fully saturated rings. The van der Waals surface area contributed by atoms with Crippen LogP contribution in [0.25, 0.3) is 10.6 Å². The highest BCUT2D eigenvalue weighted by molar-refractivity contribution is 7.13. The summed E-state index contributed by atoms with van der Waals surface area (Å²) >= 11 is 7.82. The molecule has 3 aromatic rings. The summed E-state index contributed by atoms with van der Waals surface area (Å²) in [6, 6.07) is 12.2. The lowest BCUT2D eigenvalue weighted by Crippen LogP contribution is -2.15. The van der Waals surface area contributed by atoms with Crippen LogP contribution in [0.15, 0.2) is 41.8 Å². The van der Waals surface area contributed by atoms with Crippen LogP contribution < -0.4 is 5.32 Å². The standard InChI is InChI=1S/C21H21ClN2OS/c1-4-15-5-7-16(8-6-15)21-23-17(12-26-21)11-19(25)24-20-14(3)9-13(2)10-18(20)22/h5-10,12H,4,11H2,1-3H3,(H,24,25). The Hall–Kier alpha value is -2.17. The van der Waals surface area contributed by atoms with E-state index in [4.69, 9.17) is 11.6 Å². The third-order valence-corrected chi connectivity index (χ3v) is 5.44. The predicted molar refractivity (Wildman–Crippen MR) is 110 cm³/mol. The number of hydrogen-bond donors (Lipinski definition) is 1. The summed E-state index contributed by atoms with van der Waals surface area (Å²) in [4.78, 5) is 17.0. The zero-order valence-corrected chi connectivity index (χ0v) is 16.7. The molecule has 3 nitrogen and oxygen atoms in total.